The van der Waals surface area contributed by atoms with Crippen LogP contribution in [0.25, 0.3) is 11.3 Å². The van der Waals surface area contributed by atoms with Gasteiger partial charge in [0.1, 0.15) is 23.7 Å². The molecular weight excluding hydrogens is 517 g/mol. The fourth-order valence-electron chi connectivity index (χ4n) is 5.24. The Balaban J connectivity index is 1.47. The van der Waals surface area contributed by atoms with E-state index in [2.05, 4.69) is 20.2 Å². The van der Waals surface area contributed by atoms with Crippen molar-refractivity contribution in [3.63, 3.8) is 0 Å². The molecule has 0 aliphatic carbocycles. The van der Waals surface area contributed by atoms with Crippen LogP contribution in [0, 0.1) is 11.6 Å². The Morgan fingerprint density at radius 3 is 2.44 bits per heavy atom. The first-order chi connectivity index (χ1) is 18.5. The molecule has 5 rings (SSSR count). The molecule has 1 N–H and O–H groups in total. The lowest BCUT2D eigenvalue weighted by Gasteiger charge is -2.36. The van der Waals surface area contributed by atoms with Gasteiger partial charge in [0.2, 0.25) is 5.95 Å². The Hall–Kier alpha value is -3.47. The molecule has 2 aliphatic rings. The Morgan fingerprint density at radius 2 is 1.77 bits per heavy atom. The van der Waals surface area contributed by atoms with Gasteiger partial charge in [-0.05, 0) is 82.6 Å². The van der Waals surface area contributed by atoms with Crippen molar-refractivity contribution in [2.24, 2.45) is 0 Å². The van der Waals surface area contributed by atoms with Crippen LogP contribution >= 0.6 is 0 Å². The van der Waals surface area contributed by atoms with Crippen molar-refractivity contribution in [2.45, 2.75) is 44.8 Å². The van der Waals surface area contributed by atoms with Gasteiger partial charge in [-0.1, -0.05) is 6.07 Å². The van der Waals surface area contributed by atoms with Crippen LogP contribution in [-0.2, 0) is 6.18 Å². The van der Waals surface area contributed by atoms with Crippen molar-refractivity contribution in [1.29, 1.82) is 0 Å². The van der Waals surface area contributed by atoms with E-state index in [0.717, 1.165) is 38.2 Å². The Kier molecular flexibility index (Phi) is 7.37. The SMILES string of the molecule is CC(C)N1CCOc2c1cc(-c1nc(Nc3ccc(C4CCN(C)CC4)c(F)c3)ncc1F)cc2C(F)(F)F. The number of piperidine rings is 1. The van der Waals surface area contributed by atoms with Crippen LogP contribution in [0.4, 0.5) is 39.3 Å². The Bertz CT molecular complexity index is 1350. The highest BCUT2D eigenvalue weighted by atomic mass is 19.4. The van der Waals surface area contributed by atoms with E-state index < -0.39 is 17.6 Å². The summed E-state index contributed by atoms with van der Waals surface area (Å²) >= 11 is 0. The molecule has 1 fully saturated rings. The van der Waals surface area contributed by atoms with Gasteiger partial charge >= 0.3 is 6.18 Å². The highest BCUT2D eigenvalue weighted by Crippen LogP contribution is 2.46. The second-order valence-corrected chi connectivity index (χ2v) is 10.3. The summed E-state index contributed by atoms with van der Waals surface area (Å²) in [6.07, 6.45) is -2.11. The normalized spacial score (nSPS) is 16.8. The highest BCUT2D eigenvalue weighted by molar-refractivity contribution is 5.75. The lowest BCUT2D eigenvalue weighted by atomic mass is 9.89. The van der Waals surface area contributed by atoms with Crippen LogP contribution in [0.2, 0.25) is 0 Å². The van der Waals surface area contributed by atoms with E-state index in [0.29, 0.717) is 17.8 Å². The first kappa shape index (κ1) is 27.1. The number of anilines is 3. The number of rotatable bonds is 5. The number of fused-ring (bicyclic) bond motifs is 1. The topological polar surface area (TPSA) is 53.5 Å². The summed E-state index contributed by atoms with van der Waals surface area (Å²) in [6, 6.07) is 6.93. The minimum atomic E-state index is -4.72. The van der Waals surface area contributed by atoms with Gasteiger partial charge in [-0.25, -0.2) is 18.7 Å². The average Bonchev–Trinajstić information content (AvgIpc) is 2.89. The molecule has 2 aliphatic heterocycles. The van der Waals surface area contributed by atoms with Crippen molar-refractivity contribution in [3.05, 3.63) is 59.3 Å². The number of ether oxygens (including phenoxy) is 1. The molecule has 3 aromatic rings. The summed E-state index contributed by atoms with van der Waals surface area (Å²) in [5.41, 5.74) is -0.162. The van der Waals surface area contributed by atoms with Crippen LogP contribution in [-0.4, -0.2) is 54.2 Å². The first-order valence-corrected chi connectivity index (χ1v) is 12.9. The molecule has 1 aromatic heterocycles. The zero-order chi connectivity index (χ0) is 27.9. The zero-order valence-electron chi connectivity index (χ0n) is 21.9. The smallest absolute Gasteiger partial charge is 0.420 e. The van der Waals surface area contributed by atoms with E-state index in [-0.39, 0.29) is 53.0 Å². The van der Waals surface area contributed by atoms with Gasteiger partial charge in [-0.3, -0.25) is 0 Å². The highest BCUT2D eigenvalue weighted by Gasteiger charge is 2.39. The van der Waals surface area contributed by atoms with Gasteiger partial charge < -0.3 is 19.9 Å². The third-order valence-electron chi connectivity index (χ3n) is 7.32. The predicted octanol–water partition coefficient (Wildman–Crippen LogP) is 6.60. The maximum atomic E-state index is 15.0. The van der Waals surface area contributed by atoms with Gasteiger partial charge in [0.15, 0.2) is 11.6 Å². The Morgan fingerprint density at radius 1 is 1.03 bits per heavy atom. The van der Waals surface area contributed by atoms with Crippen LogP contribution < -0.4 is 15.0 Å². The Labute approximate surface area is 223 Å². The molecule has 0 bridgehead atoms. The number of nitrogens with one attached hydrogen (secondary N) is 1. The van der Waals surface area contributed by atoms with E-state index in [1.165, 1.54) is 12.1 Å². The van der Waals surface area contributed by atoms with Gasteiger partial charge in [0.25, 0.3) is 0 Å². The molecule has 0 amide bonds. The maximum absolute atomic E-state index is 15.0. The lowest BCUT2D eigenvalue weighted by Crippen LogP contribution is -2.38. The van der Waals surface area contributed by atoms with Gasteiger partial charge in [-0.2, -0.15) is 13.2 Å². The second kappa shape index (κ2) is 10.6. The monoisotopic (exact) mass is 547 g/mol. The molecule has 0 saturated carbocycles. The van der Waals surface area contributed by atoms with Crippen LogP contribution in [0.1, 0.15) is 43.7 Å². The quantitative estimate of drug-likeness (QED) is 0.364. The number of hydrogen-bond acceptors (Lipinski definition) is 6. The molecular formula is C28H30F5N5O. The van der Waals surface area contributed by atoms with Crippen LogP contribution in [0.3, 0.4) is 0 Å². The van der Waals surface area contributed by atoms with Crippen molar-refractivity contribution in [1.82, 2.24) is 14.9 Å². The molecule has 6 nitrogen and oxygen atoms in total. The van der Waals surface area contributed by atoms with Gasteiger partial charge in [0, 0.05) is 17.3 Å². The summed E-state index contributed by atoms with van der Waals surface area (Å²) in [5.74, 6) is -1.47. The maximum Gasteiger partial charge on any atom is 0.420 e. The second-order valence-electron chi connectivity index (χ2n) is 10.3. The number of halogens is 5. The van der Waals surface area contributed by atoms with Crippen LogP contribution in [0.5, 0.6) is 5.75 Å². The molecule has 2 aromatic carbocycles. The summed E-state index contributed by atoms with van der Waals surface area (Å²) in [5, 5.41) is 2.86. The van der Waals surface area contributed by atoms with Crippen molar-refractivity contribution in [2.75, 3.05) is 43.5 Å². The third kappa shape index (κ3) is 5.63. The van der Waals surface area contributed by atoms with Crippen molar-refractivity contribution < 1.29 is 26.7 Å². The minimum Gasteiger partial charge on any atom is -0.489 e. The first-order valence-electron chi connectivity index (χ1n) is 12.9. The van der Waals surface area contributed by atoms with Gasteiger partial charge in [-0.15, -0.1) is 0 Å². The van der Waals surface area contributed by atoms with Crippen LogP contribution in [0.15, 0.2) is 36.5 Å². The largest absolute Gasteiger partial charge is 0.489 e. The average molecular weight is 548 g/mol. The number of alkyl halides is 3. The summed E-state index contributed by atoms with van der Waals surface area (Å²) in [6.45, 7) is 6.02. The molecule has 0 spiro atoms. The summed E-state index contributed by atoms with van der Waals surface area (Å²) in [7, 11) is 2.04. The standard InChI is InChI=1S/C28H30F5N5O/c1-16(2)38-10-11-39-26-21(28(31,32)33)12-18(13-24(26)38)25-23(30)15-34-27(36-25)35-19-4-5-20(22(29)14-19)17-6-8-37(3)9-7-17/h4-5,12-17H,6-11H2,1-3H3,(H,34,35,36). The predicted molar refractivity (Wildman–Crippen MR) is 140 cm³/mol. The lowest BCUT2D eigenvalue weighted by molar-refractivity contribution is -0.139. The molecule has 1 saturated heterocycles. The molecule has 3 heterocycles. The summed E-state index contributed by atoms with van der Waals surface area (Å²) < 4.78 is 77.4. The van der Waals surface area contributed by atoms with E-state index in [1.807, 2.05) is 20.9 Å². The molecule has 208 valence electrons. The summed E-state index contributed by atoms with van der Waals surface area (Å²) in [4.78, 5) is 12.1. The molecule has 0 atom stereocenters. The van der Waals surface area contributed by atoms with E-state index in [1.54, 1.807) is 17.0 Å². The van der Waals surface area contributed by atoms with E-state index in [4.69, 9.17) is 4.74 Å². The molecule has 0 unspecified atom stereocenters. The number of hydrogen-bond donors (Lipinski definition) is 1. The fourth-order valence-corrected chi connectivity index (χ4v) is 5.24. The third-order valence-corrected chi connectivity index (χ3v) is 7.32. The number of benzene rings is 2. The molecule has 0 radical (unpaired) electrons. The molecule has 39 heavy (non-hydrogen) atoms. The fraction of sp³-hybridized carbons (Fsp3) is 0.429. The number of likely N-dealkylation sites (tertiary alicyclic amines) is 1. The van der Waals surface area contributed by atoms with E-state index >= 15 is 0 Å². The number of aromatic nitrogens is 2. The number of nitrogens with zero attached hydrogens (tertiary/aromatic N) is 4. The van der Waals surface area contributed by atoms with Gasteiger partial charge in [0.05, 0.1) is 18.4 Å². The molecule has 11 heteroatoms. The zero-order valence-corrected chi connectivity index (χ0v) is 21.9. The van der Waals surface area contributed by atoms with E-state index in [9.17, 15) is 22.0 Å². The van der Waals surface area contributed by atoms with Crippen molar-refractivity contribution in [3.8, 4) is 17.0 Å². The van der Waals surface area contributed by atoms with Crippen molar-refractivity contribution >= 4 is 17.3 Å². The minimum absolute atomic E-state index is 0.0658.